The zero-order valence-electron chi connectivity index (χ0n) is 7.31. The maximum Gasteiger partial charge on any atom is 0.240 e. The standard InChI is InChI=1S/C9H16N2O/c10-9(4-1-5-9)8(12)11-6-7-2-3-7/h7H,1-6,10H2,(H,11,12). The molecule has 12 heavy (non-hydrogen) atoms. The fourth-order valence-corrected chi connectivity index (χ4v) is 1.52. The van der Waals surface area contributed by atoms with Gasteiger partial charge < -0.3 is 11.1 Å². The molecule has 2 aliphatic rings. The zero-order chi connectivity index (χ0) is 8.60. The number of hydrogen-bond donors (Lipinski definition) is 2. The molecule has 0 heterocycles. The lowest BCUT2D eigenvalue weighted by molar-refractivity contribution is -0.129. The highest BCUT2D eigenvalue weighted by molar-refractivity contribution is 5.86. The molecule has 0 aliphatic heterocycles. The Morgan fingerprint density at radius 3 is 2.58 bits per heavy atom. The number of carbonyl (C=O) groups is 1. The third-order valence-corrected chi connectivity index (χ3v) is 2.95. The second-order valence-electron chi connectivity index (χ2n) is 4.16. The molecule has 2 rings (SSSR count). The summed E-state index contributed by atoms with van der Waals surface area (Å²) in [6.45, 7) is 0.845. The number of nitrogens with one attached hydrogen (secondary N) is 1. The first-order chi connectivity index (χ1) is 5.71. The second kappa shape index (κ2) is 2.73. The van der Waals surface area contributed by atoms with Crippen molar-refractivity contribution in [3.8, 4) is 0 Å². The number of rotatable bonds is 3. The van der Waals surface area contributed by atoms with E-state index in [-0.39, 0.29) is 5.91 Å². The Morgan fingerprint density at radius 2 is 2.17 bits per heavy atom. The van der Waals surface area contributed by atoms with Gasteiger partial charge in [0.15, 0.2) is 0 Å². The number of amides is 1. The fourth-order valence-electron chi connectivity index (χ4n) is 1.52. The molecular formula is C9H16N2O. The van der Waals surface area contributed by atoms with Crippen molar-refractivity contribution in [2.45, 2.75) is 37.6 Å². The van der Waals surface area contributed by atoms with Crippen LogP contribution in [0.4, 0.5) is 0 Å². The van der Waals surface area contributed by atoms with Gasteiger partial charge in [0.2, 0.25) is 5.91 Å². The normalized spacial score (nSPS) is 26.1. The van der Waals surface area contributed by atoms with Gasteiger partial charge >= 0.3 is 0 Å². The van der Waals surface area contributed by atoms with E-state index in [1.807, 2.05) is 0 Å². The largest absolute Gasteiger partial charge is 0.354 e. The Morgan fingerprint density at radius 1 is 1.50 bits per heavy atom. The van der Waals surface area contributed by atoms with E-state index in [1.54, 1.807) is 0 Å². The Balaban J connectivity index is 1.74. The summed E-state index contributed by atoms with van der Waals surface area (Å²) in [4.78, 5) is 11.4. The van der Waals surface area contributed by atoms with E-state index in [4.69, 9.17) is 5.73 Å². The van der Waals surface area contributed by atoms with Crippen LogP contribution < -0.4 is 11.1 Å². The second-order valence-corrected chi connectivity index (χ2v) is 4.16. The van der Waals surface area contributed by atoms with Crippen LogP contribution in [-0.4, -0.2) is 18.0 Å². The van der Waals surface area contributed by atoms with Crippen molar-refractivity contribution in [3.05, 3.63) is 0 Å². The molecule has 0 unspecified atom stereocenters. The minimum Gasteiger partial charge on any atom is -0.354 e. The lowest BCUT2D eigenvalue weighted by Gasteiger charge is -2.36. The van der Waals surface area contributed by atoms with Crippen LogP contribution in [0.15, 0.2) is 0 Å². The summed E-state index contributed by atoms with van der Waals surface area (Å²) in [7, 11) is 0. The maximum atomic E-state index is 11.4. The average molecular weight is 168 g/mol. The molecule has 3 heteroatoms. The fraction of sp³-hybridized carbons (Fsp3) is 0.889. The molecule has 0 aromatic carbocycles. The highest BCUT2D eigenvalue weighted by atomic mass is 16.2. The van der Waals surface area contributed by atoms with Gasteiger partial charge in [-0.05, 0) is 38.0 Å². The Kier molecular flexibility index (Phi) is 1.83. The summed E-state index contributed by atoms with van der Waals surface area (Å²) >= 11 is 0. The Labute approximate surface area is 72.7 Å². The molecule has 2 fully saturated rings. The van der Waals surface area contributed by atoms with Gasteiger partial charge in [-0.15, -0.1) is 0 Å². The van der Waals surface area contributed by atoms with Gasteiger partial charge in [0.1, 0.15) is 0 Å². The van der Waals surface area contributed by atoms with Crippen LogP contribution in [0.25, 0.3) is 0 Å². The van der Waals surface area contributed by atoms with Crippen LogP contribution in [0.3, 0.4) is 0 Å². The molecule has 2 aliphatic carbocycles. The van der Waals surface area contributed by atoms with E-state index in [9.17, 15) is 4.79 Å². The van der Waals surface area contributed by atoms with Crippen molar-refractivity contribution in [1.29, 1.82) is 0 Å². The molecule has 3 N–H and O–H groups in total. The molecule has 1 amide bonds. The molecule has 2 saturated carbocycles. The summed E-state index contributed by atoms with van der Waals surface area (Å²) in [5.74, 6) is 0.818. The number of nitrogens with two attached hydrogens (primary N) is 1. The van der Waals surface area contributed by atoms with Gasteiger partial charge in [-0.25, -0.2) is 0 Å². The van der Waals surface area contributed by atoms with Crippen molar-refractivity contribution in [2.24, 2.45) is 11.7 Å². The third-order valence-electron chi connectivity index (χ3n) is 2.95. The van der Waals surface area contributed by atoms with Crippen LogP contribution in [0, 0.1) is 5.92 Å². The van der Waals surface area contributed by atoms with Crippen LogP contribution in [-0.2, 0) is 4.79 Å². The van der Waals surface area contributed by atoms with E-state index in [1.165, 1.54) is 12.8 Å². The molecule has 3 nitrogen and oxygen atoms in total. The predicted molar refractivity (Wildman–Crippen MR) is 46.5 cm³/mol. The van der Waals surface area contributed by atoms with Gasteiger partial charge in [0.05, 0.1) is 5.54 Å². The maximum absolute atomic E-state index is 11.4. The first-order valence-corrected chi connectivity index (χ1v) is 4.78. The van der Waals surface area contributed by atoms with E-state index >= 15 is 0 Å². The topological polar surface area (TPSA) is 55.1 Å². The van der Waals surface area contributed by atoms with Crippen LogP contribution >= 0.6 is 0 Å². The molecule has 0 saturated heterocycles. The molecule has 0 atom stereocenters. The molecule has 0 aromatic rings. The molecule has 0 bridgehead atoms. The SMILES string of the molecule is NC1(C(=O)NCC2CC2)CCC1. The van der Waals surface area contributed by atoms with E-state index in [0.29, 0.717) is 0 Å². The third kappa shape index (κ3) is 1.46. The summed E-state index contributed by atoms with van der Waals surface area (Å²) in [6, 6.07) is 0. The molecule has 68 valence electrons. The summed E-state index contributed by atoms with van der Waals surface area (Å²) in [5, 5.41) is 2.92. The molecule has 0 aromatic heterocycles. The van der Waals surface area contributed by atoms with E-state index in [2.05, 4.69) is 5.32 Å². The van der Waals surface area contributed by atoms with Crippen LogP contribution in [0.5, 0.6) is 0 Å². The monoisotopic (exact) mass is 168 g/mol. The predicted octanol–water partition coefficient (Wildman–Crippen LogP) is 0.394. The first kappa shape index (κ1) is 8.05. The van der Waals surface area contributed by atoms with Gasteiger partial charge in [-0.1, -0.05) is 0 Å². The smallest absolute Gasteiger partial charge is 0.240 e. The Hall–Kier alpha value is -0.570. The number of carbonyl (C=O) groups excluding carboxylic acids is 1. The average Bonchev–Trinajstić information content (AvgIpc) is 2.78. The molecule has 0 radical (unpaired) electrons. The van der Waals surface area contributed by atoms with E-state index < -0.39 is 5.54 Å². The minimum absolute atomic E-state index is 0.0700. The van der Waals surface area contributed by atoms with Crippen molar-refractivity contribution in [1.82, 2.24) is 5.32 Å². The van der Waals surface area contributed by atoms with Crippen LogP contribution in [0.2, 0.25) is 0 Å². The summed E-state index contributed by atoms with van der Waals surface area (Å²) < 4.78 is 0. The quantitative estimate of drug-likeness (QED) is 0.640. The van der Waals surface area contributed by atoms with Crippen molar-refractivity contribution >= 4 is 5.91 Å². The van der Waals surface area contributed by atoms with E-state index in [0.717, 1.165) is 31.7 Å². The summed E-state index contributed by atoms with van der Waals surface area (Å²) in [6.07, 6.45) is 5.38. The lowest BCUT2D eigenvalue weighted by Crippen LogP contribution is -2.58. The Bertz CT molecular complexity index is 195. The molecular weight excluding hydrogens is 152 g/mol. The van der Waals surface area contributed by atoms with Gasteiger partial charge in [-0.3, -0.25) is 4.79 Å². The van der Waals surface area contributed by atoms with Crippen LogP contribution in [0.1, 0.15) is 32.1 Å². The summed E-state index contributed by atoms with van der Waals surface area (Å²) in [5.41, 5.74) is 5.34. The minimum atomic E-state index is -0.505. The zero-order valence-corrected chi connectivity index (χ0v) is 7.31. The van der Waals surface area contributed by atoms with Gasteiger partial charge in [0, 0.05) is 6.54 Å². The van der Waals surface area contributed by atoms with Crippen molar-refractivity contribution < 1.29 is 4.79 Å². The molecule has 0 spiro atoms. The van der Waals surface area contributed by atoms with Gasteiger partial charge in [-0.2, -0.15) is 0 Å². The van der Waals surface area contributed by atoms with Gasteiger partial charge in [0.25, 0.3) is 0 Å². The van der Waals surface area contributed by atoms with Crippen molar-refractivity contribution in [3.63, 3.8) is 0 Å². The van der Waals surface area contributed by atoms with Crippen molar-refractivity contribution in [2.75, 3.05) is 6.54 Å². The lowest BCUT2D eigenvalue weighted by atomic mass is 9.77. The highest BCUT2D eigenvalue weighted by Crippen LogP contribution is 2.30. The highest BCUT2D eigenvalue weighted by Gasteiger charge is 2.40. The first-order valence-electron chi connectivity index (χ1n) is 4.78. The number of hydrogen-bond acceptors (Lipinski definition) is 2.